The summed E-state index contributed by atoms with van der Waals surface area (Å²) in [6.07, 6.45) is -4.01. The first-order valence-electron chi connectivity index (χ1n) is 11.8. The molecule has 2 aliphatic heterocycles. The second-order valence-corrected chi connectivity index (χ2v) is 8.69. The molecule has 0 spiro atoms. The fraction of sp³-hybridized carbons (Fsp3) is 0.346. The molecule has 1 saturated heterocycles. The molecule has 1 amide bonds. The summed E-state index contributed by atoms with van der Waals surface area (Å²) in [5, 5.41) is 0. The maximum atomic E-state index is 13.2. The molecule has 0 unspecified atom stereocenters. The Hall–Kier alpha value is -3.86. The van der Waals surface area contributed by atoms with E-state index in [0.29, 0.717) is 68.2 Å². The number of halogens is 3. The van der Waals surface area contributed by atoms with Crippen molar-refractivity contribution in [3.8, 4) is 17.4 Å². The number of amides is 1. The zero-order valence-corrected chi connectivity index (χ0v) is 20.1. The summed E-state index contributed by atoms with van der Waals surface area (Å²) >= 11 is 0. The van der Waals surface area contributed by atoms with Crippen LogP contribution in [0.1, 0.15) is 27.2 Å². The predicted molar refractivity (Wildman–Crippen MR) is 128 cm³/mol. The molecule has 2 aliphatic rings. The second kappa shape index (κ2) is 10.3. The molecule has 0 bridgehead atoms. The van der Waals surface area contributed by atoms with Gasteiger partial charge in [-0.3, -0.25) is 4.79 Å². The van der Waals surface area contributed by atoms with Gasteiger partial charge >= 0.3 is 6.18 Å². The van der Waals surface area contributed by atoms with Crippen LogP contribution in [0.25, 0.3) is 0 Å². The van der Waals surface area contributed by atoms with E-state index in [-0.39, 0.29) is 18.0 Å². The van der Waals surface area contributed by atoms with Crippen LogP contribution in [0.4, 0.5) is 19.1 Å². The number of carbonyl (C=O) groups is 1. The van der Waals surface area contributed by atoms with E-state index < -0.39 is 11.7 Å². The number of morpholine rings is 1. The third kappa shape index (κ3) is 5.46. The summed E-state index contributed by atoms with van der Waals surface area (Å²) in [4.78, 5) is 26.2. The highest BCUT2D eigenvalue weighted by atomic mass is 19.4. The topological polar surface area (TPSA) is 77.0 Å². The molecule has 8 nitrogen and oxygen atoms in total. The second-order valence-electron chi connectivity index (χ2n) is 8.69. The van der Waals surface area contributed by atoms with Gasteiger partial charge in [0.1, 0.15) is 11.5 Å². The first-order valence-corrected chi connectivity index (χ1v) is 11.8. The third-order valence-electron chi connectivity index (χ3n) is 6.31. The van der Waals surface area contributed by atoms with Crippen LogP contribution in [-0.4, -0.2) is 60.7 Å². The van der Waals surface area contributed by atoms with Crippen molar-refractivity contribution in [3.05, 3.63) is 70.9 Å². The van der Waals surface area contributed by atoms with Gasteiger partial charge in [-0.15, -0.1) is 0 Å². The number of ether oxygens (including phenoxy) is 3. The summed E-state index contributed by atoms with van der Waals surface area (Å²) in [6, 6.07) is 11.3. The minimum Gasteiger partial charge on any atom is -0.497 e. The van der Waals surface area contributed by atoms with Crippen LogP contribution in [0.5, 0.6) is 17.4 Å². The summed E-state index contributed by atoms with van der Waals surface area (Å²) in [5.41, 5.74) is 0.806. The molecule has 3 heterocycles. The molecule has 0 atom stereocenters. The van der Waals surface area contributed by atoms with Crippen LogP contribution in [0.15, 0.2) is 48.5 Å². The molecule has 1 aromatic heterocycles. The van der Waals surface area contributed by atoms with Gasteiger partial charge in [-0.1, -0.05) is 6.07 Å². The number of hydrogen-bond acceptors (Lipinski definition) is 7. The van der Waals surface area contributed by atoms with E-state index in [0.717, 1.165) is 17.8 Å². The summed E-state index contributed by atoms with van der Waals surface area (Å²) < 4.78 is 55.7. The lowest BCUT2D eigenvalue weighted by Crippen LogP contribution is -2.39. The Bertz CT molecular complexity index is 1280. The Balaban J connectivity index is 1.45. The number of aromatic nitrogens is 2. The van der Waals surface area contributed by atoms with Crippen molar-refractivity contribution in [2.45, 2.75) is 19.1 Å². The van der Waals surface area contributed by atoms with Gasteiger partial charge in [0.2, 0.25) is 11.8 Å². The minimum atomic E-state index is -4.46. The van der Waals surface area contributed by atoms with Crippen LogP contribution in [0, 0.1) is 0 Å². The van der Waals surface area contributed by atoms with Gasteiger partial charge in [0.25, 0.3) is 5.91 Å². The molecule has 1 fully saturated rings. The minimum absolute atomic E-state index is 0.165. The number of fused-ring (bicyclic) bond motifs is 1. The average Bonchev–Trinajstić information content (AvgIpc) is 2.92. The lowest BCUT2D eigenvalue weighted by atomic mass is 10.0. The van der Waals surface area contributed by atoms with E-state index in [9.17, 15) is 18.0 Å². The fourth-order valence-corrected chi connectivity index (χ4v) is 4.29. The number of nitrogens with zero attached hydrogens (tertiary/aromatic N) is 4. The number of carbonyl (C=O) groups excluding carboxylic acids is 1. The number of alkyl halides is 3. The molecule has 37 heavy (non-hydrogen) atoms. The standard InChI is InChI=1S/C26H25F3N4O4/c1-35-19-3-2-4-20(15-19)37-23-21-16-33(24(34)17-5-7-18(8-6-17)26(27,28)29)10-9-22(21)30-25(31-23)32-11-13-36-14-12-32/h2-8,15H,9-14,16H2,1H3. The van der Waals surface area contributed by atoms with Gasteiger partial charge < -0.3 is 24.0 Å². The number of methoxy groups -OCH3 is 1. The maximum absolute atomic E-state index is 13.2. The maximum Gasteiger partial charge on any atom is 0.416 e. The zero-order valence-electron chi connectivity index (χ0n) is 20.1. The number of benzene rings is 2. The Morgan fingerprint density at radius 3 is 2.43 bits per heavy atom. The molecule has 0 radical (unpaired) electrons. The normalized spacial score (nSPS) is 15.8. The van der Waals surface area contributed by atoms with Crippen LogP contribution in [0.2, 0.25) is 0 Å². The van der Waals surface area contributed by atoms with Gasteiger partial charge in [-0.2, -0.15) is 18.2 Å². The third-order valence-corrected chi connectivity index (χ3v) is 6.31. The van der Waals surface area contributed by atoms with Crippen molar-refractivity contribution in [1.29, 1.82) is 0 Å². The number of hydrogen-bond donors (Lipinski definition) is 0. The molecule has 3 aromatic rings. The highest BCUT2D eigenvalue weighted by molar-refractivity contribution is 5.94. The van der Waals surface area contributed by atoms with Crippen LogP contribution < -0.4 is 14.4 Å². The zero-order chi connectivity index (χ0) is 26.0. The molecular weight excluding hydrogens is 489 g/mol. The fourth-order valence-electron chi connectivity index (χ4n) is 4.29. The number of anilines is 1. The van der Waals surface area contributed by atoms with E-state index in [1.807, 2.05) is 4.90 Å². The van der Waals surface area contributed by atoms with Crippen molar-refractivity contribution >= 4 is 11.9 Å². The smallest absolute Gasteiger partial charge is 0.416 e. The molecule has 0 aliphatic carbocycles. The van der Waals surface area contributed by atoms with Crippen molar-refractivity contribution < 1.29 is 32.2 Å². The van der Waals surface area contributed by atoms with E-state index in [2.05, 4.69) is 0 Å². The van der Waals surface area contributed by atoms with Crippen molar-refractivity contribution in [1.82, 2.24) is 14.9 Å². The van der Waals surface area contributed by atoms with E-state index >= 15 is 0 Å². The van der Waals surface area contributed by atoms with E-state index in [1.54, 1.807) is 36.3 Å². The molecule has 194 valence electrons. The molecule has 5 rings (SSSR count). The predicted octanol–water partition coefficient (Wildman–Crippen LogP) is 4.33. The van der Waals surface area contributed by atoms with Gasteiger partial charge in [0.15, 0.2) is 0 Å². The van der Waals surface area contributed by atoms with Gasteiger partial charge in [0, 0.05) is 37.7 Å². The lowest BCUT2D eigenvalue weighted by molar-refractivity contribution is -0.137. The summed E-state index contributed by atoms with van der Waals surface area (Å²) in [5.74, 6) is 1.61. The molecular formula is C26H25F3N4O4. The average molecular weight is 515 g/mol. The van der Waals surface area contributed by atoms with Gasteiger partial charge in [-0.25, -0.2) is 4.98 Å². The highest BCUT2D eigenvalue weighted by Crippen LogP contribution is 2.34. The molecule has 11 heteroatoms. The Morgan fingerprint density at radius 1 is 1.00 bits per heavy atom. The quantitative estimate of drug-likeness (QED) is 0.502. The van der Waals surface area contributed by atoms with Crippen LogP contribution >= 0.6 is 0 Å². The van der Waals surface area contributed by atoms with Crippen molar-refractivity contribution in [2.24, 2.45) is 0 Å². The van der Waals surface area contributed by atoms with Crippen LogP contribution in [0.3, 0.4) is 0 Å². The van der Waals surface area contributed by atoms with E-state index in [1.165, 1.54) is 12.1 Å². The molecule has 2 aromatic carbocycles. The van der Waals surface area contributed by atoms with Crippen molar-refractivity contribution in [3.63, 3.8) is 0 Å². The van der Waals surface area contributed by atoms with E-state index in [4.69, 9.17) is 24.2 Å². The number of rotatable bonds is 5. The summed E-state index contributed by atoms with van der Waals surface area (Å²) in [6.45, 7) is 2.97. The lowest BCUT2D eigenvalue weighted by Gasteiger charge is -2.32. The first-order chi connectivity index (χ1) is 17.8. The Kier molecular flexibility index (Phi) is 6.88. The van der Waals surface area contributed by atoms with Gasteiger partial charge in [0.05, 0.1) is 43.7 Å². The SMILES string of the molecule is COc1cccc(Oc2nc(N3CCOCC3)nc3c2CN(C(=O)c2ccc(C(F)(F)F)cc2)CC3)c1. The Labute approximate surface area is 211 Å². The van der Waals surface area contributed by atoms with Gasteiger partial charge in [-0.05, 0) is 36.4 Å². The largest absolute Gasteiger partial charge is 0.497 e. The van der Waals surface area contributed by atoms with Crippen LogP contribution in [-0.2, 0) is 23.9 Å². The first kappa shape index (κ1) is 24.8. The van der Waals surface area contributed by atoms with Crippen molar-refractivity contribution in [2.75, 3.05) is 44.9 Å². The monoisotopic (exact) mass is 514 g/mol. The highest BCUT2D eigenvalue weighted by Gasteiger charge is 2.32. The summed E-state index contributed by atoms with van der Waals surface area (Å²) in [7, 11) is 1.56. The molecule has 0 saturated carbocycles. The molecule has 0 N–H and O–H groups in total. The Morgan fingerprint density at radius 2 is 1.73 bits per heavy atom.